The number of nitrogens with two attached hydrogens (primary N) is 1. The van der Waals surface area contributed by atoms with E-state index in [1.54, 1.807) is 12.3 Å². The minimum absolute atomic E-state index is 0.0436. The summed E-state index contributed by atoms with van der Waals surface area (Å²) in [6.45, 7) is 7.40. The lowest BCUT2D eigenvalue weighted by Gasteiger charge is -2.24. The van der Waals surface area contributed by atoms with Crippen LogP contribution in [0.5, 0.6) is 0 Å². The molecule has 0 radical (unpaired) electrons. The van der Waals surface area contributed by atoms with Crippen molar-refractivity contribution in [3.63, 3.8) is 0 Å². The summed E-state index contributed by atoms with van der Waals surface area (Å²) in [5.41, 5.74) is 5.86. The largest absolute Gasteiger partial charge is 0.366 e. The first kappa shape index (κ1) is 21.5. The highest BCUT2D eigenvalue weighted by molar-refractivity contribution is 7.14. The van der Waals surface area contributed by atoms with Gasteiger partial charge in [0.1, 0.15) is 17.1 Å². The van der Waals surface area contributed by atoms with Crippen molar-refractivity contribution >= 4 is 40.1 Å². The fourth-order valence-corrected chi connectivity index (χ4v) is 4.06. The molecule has 1 saturated heterocycles. The quantitative estimate of drug-likeness (QED) is 0.634. The Labute approximate surface area is 178 Å². The van der Waals surface area contributed by atoms with Gasteiger partial charge in [-0.2, -0.15) is 0 Å². The number of hydrogen-bond donors (Lipinski definition) is 3. The molecule has 1 atom stereocenters. The topological polar surface area (TPSA) is 122 Å². The maximum Gasteiger partial charge on any atom is 0.325 e. The molecule has 0 saturated carbocycles. The van der Waals surface area contributed by atoms with Crippen LogP contribution < -0.4 is 16.4 Å². The Balaban J connectivity index is 1.76. The first-order chi connectivity index (χ1) is 13.9. The van der Waals surface area contributed by atoms with Crippen LogP contribution in [0, 0.1) is 0 Å². The van der Waals surface area contributed by atoms with E-state index in [0.717, 1.165) is 21.8 Å². The number of nitrogens with zero attached hydrogens (tertiary/aromatic N) is 1. The third-order valence-corrected chi connectivity index (χ3v) is 5.92. The molecule has 3 rings (SSSR count). The molecule has 1 aliphatic rings. The van der Waals surface area contributed by atoms with Gasteiger partial charge in [0.05, 0.1) is 5.56 Å². The van der Waals surface area contributed by atoms with Crippen LogP contribution in [0.3, 0.4) is 0 Å². The lowest BCUT2D eigenvalue weighted by molar-refractivity contribution is -0.133. The molecule has 2 heterocycles. The Hall–Kier alpha value is -3.20. The van der Waals surface area contributed by atoms with Crippen LogP contribution in [0.25, 0.3) is 0 Å². The van der Waals surface area contributed by atoms with Gasteiger partial charge in [0, 0.05) is 0 Å². The molecule has 30 heavy (non-hydrogen) atoms. The van der Waals surface area contributed by atoms with Crippen LogP contribution in [0.4, 0.5) is 9.80 Å². The maximum absolute atomic E-state index is 13.0. The van der Waals surface area contributed by atoms with Gasteiger partial charge in [-0.05, 0) is 34.9 Å². The predicted octanol–water partition coefficient (Wildman–Crippen LogP) is 2.55. The fourth-order valence-electron chi connectivity index (χ4n) is 3.25. The summed E-state index contributed by atoms with van der Waals surface area (Å²) >= 11 is 1.13. The van der Waals surface area contributed by atoms with Crippen molar-refractivity contribution in [3.8, 4) is 0 Å². The van der Waals surface area contributed by atoms with E-state index in [9.17, 15) is 19.2 Å². The van der Waals surface area contributed by atoms with E-state index in [1.165, 1.54) is 6.07 Å². The van der Waals surface area contributed by atoms with Crippen LogP contribution in [0.2, 0.25) is 0 Å². The zero-order chi connectivity index (χ0) is 22.3. The van der Waals surface area contributed by atoms with Crippen molar-refractivity contribution in [2.45, 2.75) is 38.6 Å². The predicted molar refractivity (Wildman–Crippen MR) is 114 cm³/mol. The van der Waals surface area contributed by atoms with Gasteiger partial charge in [0.15, 0.2) is 0 Å². The van der Waals surface area contributed by atoms with E-state index >= 15 is 0 Å². The molecule has 0 bridgehead atoms. The number of thiophene rings is 1. The van der Waals surface area contributed by atoms with Crippen molar-refractivity contribution in [1.29, 1.82) is 0 Å². The van der Waals surface area contributed by atoms with Crippen LogP contribution in [0.1, 0.15) is 49.2 Å². The zero-order valence-corrected chi connectivity index (χ0v) is 18.1. The third-order valence-electron chi connectivity index (χ3n) is 5.09. The fraction of sp³-hybridized carbons (Fsp3) is 0.333. The van der Waals surface area contributed by atoms with Gasteiger partial charge in [-0.3, -0.25) is 19.3 Å². The Bertz CT molecular complexity index is 1020. The lowest BCUT2D eigenvalue weighted by Crippen LogP contribution is -2.42. The number of hydrogen-bond acceptors (Lipinski definition) is 5. The number of carbonyl (C=O) groups is 4. The standard InChI is InChI=1S/C21H24N4O4S/c1-20(2,3)12-5-7-13(8-6-12)21(4)18(28)25(19(29)24-21)11-15(26)23-17-14(16(22)27)9-10-30-17/h5-10H,11H2,1-4H3,(H2,22,27)(H,23,26)(H,24,29). The minimum Gasteiger partial charge on any atom is -0.366 e. The molecular formula is C21H24N4O4S. The van der Waals surface area contributed by atoms with E-state index < -0.39 is 35.8 Å². The summed E-state index contributed by atoms with van der Waals surface area (Å²) in [4.78, 5) is 50.1. The van der Waals surface area contributed by atoms with Crippen molar-refractivity contribution < 1.29 is 19.2 Å². The molecule has 4 N–H and O–H groups in total. The molecule has 5 amide bonds. The van der Waals surface area contributed by atoms with Crippen molar-refractivity contribution in [3.05, 3.63) is 52.4 Å². The second-order valence-electron chi connectivity index (χ2n) is 8.35. The first-order valence-electron chi connectivity index (χ1n) is 9.36. The van der Waals surface area contributed by atoms with Crippen LogP contribution in [-0.2, 0) is 20.5 Å². The Morgan fingerprint density at radius 1 is 1.17 bits per heavy atom. The maximum atomic E-state index is 13.0. The summed E-state index contributed by atoms with van der Waals surface area (Å²) in [5.74, 6) is -1.80. The number of imide groups is 1. The molecule has 1 aromatic heterocycles. The zero-order valence-electron chi connectivity index (χ0n) is 17.2. The van der Waals surface area contributed by atoms with Gasteiger partial charge in [-0.25, -0.2) is 4.79 Å². The molecular weight excluding hydrogens is 404 g/mol. The van der Waals surface area contributed by atoms with Gasteiger partial charge >= 0.3 is 6.03 Å². The van der Waals surface area contributed by atoms with Crippen LogP contribution in [-0.4, -0.2) is 35.2 Å². The van der Waals surface area contributed by atoms with Crippen molar-refractivity contribution in [2.75, 3.05) is 11.9 Å². The number of amides is 5. The van der Waals surface area contributed by atoms with Crippen LogP contribution in [0.15, 0.2) is 35.7 Å². The number of benzene rings is 1. The monoisotopic (exact) mass is 428 g/mol. The Kier molecular flexibility index (Phi) is 5.42. The lowest BCUT2D eigenvalue weighted by atomic mass is 9.84. The van der Waals surface area contributed by atoms with Gasteiger partial charge in [0.2, 0.25) is 5.91 Å². The number of carbonyl (C=O) groups excluding carboxylic acids is 4. The van der Waals surface area contributed by atoms with E-state index in [0.29, 0.717) is 5.56 Å². The van der Waals surface area contributed by atoms with Gasteiger partial charge < -0.3 is 16.4 Å². The second-order valence-corrected chi connectivity index (χ2v) is 9.27. The molecule has 1 aliphatic heterocycles. The average molecular weight is 429 g/mol. The summed E-state index contributed by atoms with van der Waals surface area (Å²) in [6.07, 6.45) is 0. The highest BCUT2D eigenvalue weighted by Gasteiger charge is 2.49. The van der Waals surface area contributed by atoms with Gasteiger partial charge in [-0.15, -0.1) is 11.3 Å². The second kappa shape index (κ2) is 7.56. The highest BCUT2D eigenvalue weighted by atomic mass is 32.1. The van der Waals surface area contributed by atoms with E-state index in [1.807, 2.05) is 24.3 Å². The molecule has 2 aromatic rings. The number of primary amides is 1. The van der Waals surface area contributed by atoms with E-state index in [2.05, 4.69) is 31.4 Å². The summed E-state index contributed by atoms with van der Waals surface area (Å²) in [6, 6.07) is 8.32. The normalized spacial score (nSPS) is 19.0. The summed E-state index contributed by atoms with van der Waals surface area (Å²) in [7, 11) is 0. The summed E-state index contributed by atoms with van der Waals surface area (Å²) < 4.78 is 0. The number of nitrogens with one attached hydrogen (secondary N) is 2. The molecule has 0 spiro atoms. The molecule has 9 heteroatoms. The smallest absolute Gasteiger partial charge is 0.325 e. The molecule has 1 aromatic carbocycles. The Morgan fingerprint density at radius 2 is 1.80 bits per heavy atom. The highest BCUT2D eigenvalue weighted by Crippen LogP contribution is 2.31. The first-order valence-corrected chi connectivity index (χ1v) is 10.2. The van der Waals surface area contributed by atoms with Gasteiger partial charge in [-0.1, -0.05) is 45.0 Å². The number of rotatable bonds is 5. The van der Waals surface area contributed by atoms with E-state index in [4.69, 9.17) is 5.73 Å². The van der Waals surface area contributed by atoms with Crippen molar-refractivity contribution in [1.82, 2.24) is 10.2 Å². The Morgan fingerprint density at radius 3 is 2.37 bits per heavy atom. The van der Waals surface area contributed by atoms with Crippen molar-refractivity contribution in [2.24, 2.45) is 5.73 Å². The number of anilines is 1. The third kappa shape index (κ3) is 3.93. The average Bonchev–Trinajstić information content (AvgIpc) is 3.20. The molecule has 1 unspecified atom stereocenters. The van der Waals surface area contributed by atoms with Crippen LogP contribution >= 0.6 is 11.3 Å². The van der Waals surface area contributed by atoms with E-state index in [-0.39, 0.29) is 16.0 Å². The number of urea groups is 1. The summed E-state index contributed by atoms with van der Waals surface area (Å²) in [5, 5.41) is 7.11. The molecule has 158 valence electrons. The molecule has 8 nitrogen and oxygen atoms in total. The van der Waals surface area contributed by atoms with Gasteiger partial charge in [0.25, 0.3) is 11.8 Å². The SMILES string of the molecule is CC(C)(C)c1ccc(C2(C)NC(=O)N(CC(=O)Nc3sccc3C(N)=O)C2=O)cc1. The minimum atomic E-state index is -1.27. The molecule has 0 aliphatic carbocycles. The molecule has 1 fully saturated rings.